The molecule has 0 aromatic rings. The highest BCUT2D eigenvalue weighted by Gasteiger charge is 2.19. The van der Waals surface area contributed by atoms with Gasteiger partial charge in [-0.3, -0.25) is 0 Å². The summed E-state index contributed by atoms with van der Waals surface area (Å²) in [5.74, 6) is -0.839. The number of carboxylic acid groups (broad SMARTS) is 1. The fourth-order valence-corrected chi connectivity index (χ4v) is 1.83. The van der Waals surface area contributed by atoms with Crippen LogP contribution in [0.1, 0.15) is 53.9 Å². The molecule has 0 fully saturated rings. The molecule has 0 radical (unpaired) electrons. The number of carboxylic acids is 1. The van der Waals surface area contributed by atoms with E-state index < -0.39 is 5.97 Å². The second-order valence-corrected chi connectivity index (χ2v) is 4.95. The van der Waals surface area contributed by atoms with Gasteiger partial charge < -0.3 is 10.4 Å². The van der Waals surface area contributed by atoms with E-state index in [0.717, 1.165) is 19.3 Å². The van der Waals surface area contributed by atoms with Gasteiger partial charge in [-0.15, -0.1) is 0 Å². The minimum atomic E-state index is -0.839. The molecule has 0 amide bonds. The fraction of sp³-hybridized carbons (Fsp3) is 0.769. The molecule has 3 nitrogen and oxygen atoms in total. The second-order valence-electron chi connectivity index (χ2n) is 4.95. The smallest absolute Gasteiger partial charge is 0.331 e. The van der Waals surface area contributed by atoms with Gasteiger partial charge in [-0.1, -0.05) is 26.3 Å². The molecule has 94 valence electrons. The molecule has 0 aromatic carbocycles. The lowest BCUT2D eigenvalue weighted by atomic mass is 9.96. The Hall–Kier alpha value is -0.830. The van der Waals surface area contributed by atoms with Gasteiger partial charge in [-0.2, -0.15) is 0 Å². The average Bonchev–Trinajstić information content (AvgIpc) is 2.15. The predicted octanol–water partition coefficient (Wildman–Crippen LogP) is 2.96. The Morgan fingerprint density at radius 3 is 2.38 bits per heavy atom. The van der Waals surface area contributed by atoms with Gasteiger partial charge in [0.1, 0.15) is 0 Å². The van der Waals surface area contributed by atoms with E-state index in [4.69, 9.17) is 5.11 Å². The summed E-state index contributed by atoms with van der Waals surface area (Å²) in [6, 6.07) is 0.137. The van der Waals surface area contributed by atoms with Crippen molar-refractivity contribution in [1.82, 2.24) is 5.32 Å². The Morgan fingerprint density at radius 2 is 2.00 bits per heavy atom. The lowest BCUT2D eigenvalue weighted by Crippen LogP contribution is -2.45. The van der Waals surface area contributed by atoms with Crippen molar-refractivity contribution < 1.29 is 9.90 Å². The number of carbonyl (C=O) groups is 1. The number of aliphatic carboxylic acids is 1. The second kappa shape index (κ2) is 6.69. The molecule has 1 unspecified atom stereocenters. The van der Waals surface area contributed by atoms with Crippen molar-refractivity contribution in [2.24, 2.45) is 0 Å². The van der Waals surface area contributed by atoms with E-state index in [1.165, 1.54) is 0 Å². The summed E-state index contributed by atoms with van der Waals surface area (Å²) in [5.41, 5.74) is 0.469. The number of hydrogen-bond donors (Lipinski definition) is 2. The third-order valence-corrected chi connectivity index (χ3v) is 2.68. The molecule has 0 aliphatic rings. The zero-order valence-corrected chi connectivity index (χ0v) is 11.1. The predicted molar refractivity (Wildman–Crippen MR) is 67.6 cm³/mol. The van der Waals surface area contributed by atoms with Crippen molar-refractivity contribution in [3.8, 4) is 0 Å². The first-order valence-corrected chi connectivity index (χ1v) is 6.01. The number of hydrogen-bond acceptors (Lipinski definition) is 2. The standard InChI is InChI=1S/C13H25NO2/c1-6-8-13(4,5)14-11(7-2)9-10(3)12(15)16/h9,11,14H,6-8H2,1-5H3,(H,15,16). The molecular weight excluding hydrogens is 202 g/mol. The Morgan fingerprint density at radius 1 is 1.44 bits per heavy atom. The maximum absolute atomic E-state index is 10.7. The van der Waals surface area contributed by atoms with Gasteiger partial charge in [0.25, 0.3) is 0 Å². The maximum atomic E-state index is 10.7. The molecule has 0 aliphatic carbocycles. The summed E-state index contributed by atoms with van der Waals surface area (Å²) < 4.78 is 0. The van der Waals surface area contributed by atoms with E-state index in [2.05, 4.69) is 33.0 Å². The minimum Gasteiger partial charge on any atom is -0.478 e. The first-order chi connectivity index (χ1) is 7.32. The molecule has 16 heavy (non-hydrogen) atoms. The number of nitrogens with one attached hydrogen (secondary N) is 1. The van der Waals surface area contributed by atoms with E-state index in [9.17, 15) is 4.79 Å². The largest absolute Gasteiger partial charge is 0.478 e. The molecule has 0 saturated heterocycles. The summed E-state index contributed by atoms with van der Waals surface area (Å²) in [6.45, 7) is 10.2. The Bertz CT molecular complexity index is 257. The van der Waals surface area contributed by atoms with E-state index in [1.807, 2.05) is 0 Å². The van der Waals surface area contributed by atoms with Crippen LogP contribution in [-0.2, 0) is 4.79 Å². The van der Waals surface area contributed by atoms with Crippen molar-refractivity contribution in [1.29, 1.82) is 0 Å². The molecule has 0 heterocycles. The molecule has 0 spiro atoms. The van der Waals surface area contributed by atoms with Crippen LogP contribution >= 0.6 is 0 Å². The SMILES string of the molecule is CCCC(C)(C)NC(C=C(C)C(=O)O)CC. The average molecular weight is 227 g/mol. The summed E-state index contributed by atoms with van der Waals surface area (Å²) in [4.78, 5) is 10.7. The van der Waals surface area contributed by atoms with Gasteiger partial charge in [0.05, 0.1) is 0 Å². The zero-order valence-electron chi connectivity index (χ0n) is 11.1. The van der Waals surface area contributed by atoms with Crippen molar-refractivity contribution >= 4 is 5.97 Å². The van der Waals surface area contributed by atoms with Gasteiger partial charge in [0, 0.05) is 17.2 Å². The van der Waals surface area contributed by atoms with E-state index in [-0.39, 0.29) is 11.6 Å². The van der Waals surface area contributed by atoms with E-state index in [1.54, 1.807) is 13.0 Å². The van der Waals surface area contributed by atoms with Gasteiger partial charge in [-0.25, -0.2) is 4.79 Å². The first kappa shape index (κ1) is 15.2. The van der Waals surface area contributed by atoms with Crippen LogP contribution in [0.25, 0.3) is 0 Å². The molecule has 0 rings (SSSR count). The molecule has 2 N–H and O–H groups in total. The lowest BCUT2D eigenvalue weighted by Gasteiger charge is -2.30. The zero-order chi connectivity index (χ0) is 12.8. The van der Waals surface area contributed by atoms with E-state index in [0.29, 0.717) is 5.57 Å². The third kappa shape index (κ3) is 5.91. The summed E-state index contributed by atoms with van der Waals surface area (Å²) in [5, 5.41) is 12.3. The van der Waals surface area contributed by atoms with Gasteiger partial charge in [-0.05, 0) is 33.6 Å². The van der Waals surface area contributed by atoms with Crippen LogP contribution in [0.3, 0.4) is 0 Å². The molecule has 0 aliphatic heterocycles. The topological polar surface area (TPSA) is 49.3 Å². The monoisotopic (exact) mass is 227 g/mol. The quantitative estimate of drug-likeness (QED) is 0.657. The van der Waals surface area contributed by atoms with Crippen LogP contribution in [0.2, 0.25) is 0 Å². The molecule has 0 bridgehead atoms. The van der Waals surface area contributed by atoms with Crippen molar-refractivity contribution in [3.05, 3.63) is 11.6 Å². The molecular formula is C13H25NO2. The third-order valence-electron chi connectivity index (χ3n) is 2.68. The molecule has 0 aromatic heterocycles. The van der Waals surface area contributed by atoms with Crippen LogP contribution in [0.15, 0.2) is 11.6 Å². The summed E-state index contributed by atoms with van der Waals surface area (Å²) in [7, 11) is 0. The highest BCUT2D eigenvalue weighted by molar-refractivity contribution is 5.85. The van der Waals surface area contributed by atoms with Gasteiger partial charge >= 0.3 is 5.97 Å². The minimum absolute atomic E-state index is 0.0602. The molecule has 3 heteroatoms. The van der Waals surface area contributed by atoms with Crippen LogP contribution in [0.4, 0.5) is 0 Å². The summed E-state index contributed by atoms with van der Waals surface area (Å²) in [6.07, 6.45) is 4.92. The highest BCUT2D eigenvalue weighted by Crippen LogP contribution is 2.14. The Kier molecular flexibility index (Phi) is 6.34. The maximum Gasteiger partial charge on any atom is 0.331 e. The highest BCUT2D eigenvalue weighted by atomic mass is 16.4. The first-order valence-electron chi connectivity index (χ1n) is 6.01. The van der Waals surface area contributed by atoms with Gasteiger partial charge in [0.2, 0.25) is 0 Å². The normalized spacial score (nSPS) is 14.9. The van der Waals surface area contributed by atoms with Crippen LogP contribution in [0, 0.1) is 0 Å². The number of rotatable bonds is 7. The van der Waals surface area contributed by atoms with Gasteiger partial charge in [0.15, 0.2) is 0 Å². The Labute approximate surface area is 98.9 Å². The van der Waals surface area contributed by atoms with Crippen molar-refractivity contribution in [2.45, 2.75) is 65.5 Å². The molecule has 1 atom stereocenters. The van der Waals surface area contributed by atoms with E-state index >= 15 is 0 Å². The fourth-order valence-electron chi connectivity index (χ4n) is 1.83. The Balaban J connectivity index is 4.52. The van der Waals surface area contributed by atoms with Crippen LogP contribution in [-0.4, -0.2) is 22.7 Å². The summed E-state index contributed by atoms with van der Waals surface area (Å²) >= 11 is 0. The van der Waals surface area contributed by atoms with Crippen LogP contribution in [0.5, 0.6) is 0 Å². The van der Waals surface area contributed by atoms with Crippen LogP contribution < -0.4 is 5.32 Å². The lowest BCUT2D eigenvalue weighted by molar-refractivity contribution is -0.132. The van der Waals surface area contributed by atoms with Crippen molar-refractivity contribution in [2.75, 3.05) is 0 Å². The van der Waals surface area contributed by atoms with Crippen molar-refractivity contribution in [3.63, 3.8) is 0 Å². The molecule has 0 saturated carbocycles.